The van der Waals surface area contributed by atoms with Crippen molar-refractivity contribution < 1.29 is 19.4 Å². The Morgan fingerprint density at radius 2 is 1.92 bits per heavy atom. The second kappa shape index (κ2) is 5.83. The molecule has 0 bridgehead atoms. The summed E-state index contributed by atoms with van der Waals surface area (Å²) in [5, 5.41) is 13.7. The van der Waals surface area contributed by atoms with Gasteiger partial charge in [-0.3, -0.25) is 4.79 Å². The maximum atomic E-state index is 12.4. The van der Waals surface area contributed by atoms with E-state index in [1.165, 1.54) is 5.56 Å². The van der Waals surface area contributed by atoms with Crippen molar-refractivity contribution in [1.82, 2.24) is 5.32 Å². The molecule has 124 valence electrons. The summed E-state index contributed by atoms with van der Waals surface area (Å²) in [6, 6.07) is 13.2. The van der Waals surface area contributed by atoms with Crippen molar-refractivity contribution in [2.45, 2.75) is 24.9 Å². The van der Waals surface area contributed by atoms with E-state index < -0.39 is 5.60 Å². The van der Waals surface area contributed by atoms with Crippen LogP contribution >= 0.6 is 0 Å². The van der Waals surface area contributed by atoms with Gasteiger partial charge in [0.1, 0.15) is 0 Å². The number of amides is 1. The van der Waals surface area contributed by atoms with Crippen molar-refractivity contribution in [3.05, 3.63) is 59.2 Å². The summed E-state index contributed by atoms with van der Waals surface area (Å²) in [4.78, 5) is 12.4. The summed E-state index contributed by atoms with van der Waals surface area (Å²) in [7, 11) is 0. The highest BCUT2D eigenvalue weighted by Gasteiger charge is 2.32. The highest BCUT2D eigenvalue weighted by Crippen LogP contribution is 2.32. The molecule has 24 heavy (non-hydrogen) atoms. The molecular formula is C19H19NO4. The van der Waals surface area contributed by atoms with E-state index >= 15 is 0 Å². The lowest BCUT2D eigenvalue weighted by molar-refractivity contribution is 0.0260. The number of aryl methyl sites for hydroxylation is 1. The number of rotatable bonds is 3. The van der Waals surface area contributed by atoms with Crippen molar-refractivity contribution in [2.24, 2.45) is 0 Å². The Morgan fingerprint density at radius 1 is 1.12 bits per heavy atom. The first-order valence-electron chi connectivity index (χ1n) is 8.10. The zero-order valence-electron chi connectivity index (χ0n) is 13.2. The van der Waals surface area contributed by atoms with Crippen molar-refractivity contribution in [3.63, 3.8) is 0 Å². The molecule has 0 fully saturated rings. The van der Waals surface area contributed by atoms with Gasteiger partial charge in [0.15, 0.2) is 11.5 Å². The van der Waals surface area contributed by atoms with Crippen LogP contribution in [0, 0.1) is 0 Å². The van der Waals surface area contributed by atoms with Gasteiger partial charge >= 0.3 is 0 Å². The zero-order valence-corrected chi connectivity index (χ0v) is 13.2. The maximum Gasteiger partial charge on any atom is 0.251 e. The fourth-order valence-electron chi connectivity index (χ4n) is 3.32. The van der Waals surface area contributed by atoms with Gasteiger partial charge in [0.2, 0.25) is 6.79 Å². The summed E-state index contributed by atoms with van der Waals surface area (Å²) in [5.41, 5.74) is 2.03. The smallest absolute Gasteiger partial charge is 0.251 e. The Morgan fingerprint density at radius 3 is 2.79 bits per heavy atom. The number of fused-ring (bicyclic) bond motifs is 2. The number of aliphatic hydroxyl groups is 1. The van der Waals surface area contributed by atoms with Crippen molar-refractivity contribution in [2.75, 3.05) is 13.3 Å². The molecule has 0 radical (unpaired) electrons. The van der Waals surface area contributed by atoms with Gasteiger partial charge < -0.3 is 19.9 Å². The molecule has 2 aromatic rings. The molecule has 0 spiro atoms. The van der Waals surface area contributed by atoms with Crippen LogP contribution in [0.1, 0.15) is 27.9 Å². The predicted molar refractivity (Wildman–Crippen MR) is 88.3 cm³/mol. The average molecular weight is 325 g/mol. The molecule has 2 aliphatic rings. The minimum Gasteiger partial charge on any atom is -0.454 e. The lowest BCUT2D eigenvalue weighted by atomic mass is 9.80. The average Bonchev–Trinajstić information content (AvgIpc) is 3.07. The van der Waals surface area contributed by atoms with Crippen LogP contribution in [0.3, 0.4) is 0 Å². The normalized spacial score (nSPS) is 21.2. The van der Waals surface area contributed by atoms with Crippen LogP contribution in [0.2, 0.25) is 0 Å². The molecular weight excluding hydrogens is 306 g/mol. The van der Waals surface area contributed by atoms with Crippen LogP contribution in [-0.4, -0.2) is 30.0 Å². The molecule has 0 saturated carbocycles. The molecule has 1 amide bonds. The third-order valence-electron chi connectivity index (χ3n) is 4.71. The fraction of sp³-hybridized carbons (Fsp3) is 0.316. The fourth-order valence-corrected chi connectivity index (χ4v) is 3.32. The molecule has 2 aromatic carbocycles. The van der Waals surface area contributed by atoms with Gasteiger partial charge in [0.25, 0.3) is 5.91 Å². The van der Waals surface area contributed by atoms with Gasteiger partial charge in [0.05, 0.1) is 5.60 Å². The highest BCUT2D eigenvalue weighted by molar-refractivity contribution is 5.95. The van der Waals surface area contributed by atoms with E-state index in [4.69, 9.17) is 9.47 Å². The number of nitrogens with one attached hydrogen (secondary N) is 1. The van der Waals surface area contributed by atoms with Crippen LogP contribution in [-0.2, 0) is 12.8 Å². The SMILES string of the molecule is O=C(NCC1(O)CCc2ccccc2C1)c1ccc2c(c1)OCO2. The molecule has 1 unspecified atom stereocenters. The Bertz CT molecular complexity index is 789. The Labute approximate surface area is 140 Å². The van der Waals surface area contributed by atoms with Crippen LogP contribution in [0.5, 0.6) is 11.5 Å². The van der Waals surface area contributed by atoms with Crippen molar-refractivity contribution in [3.8, 4) is 11.5 Å². The number of carbonyl (C=O) groups excluding carboxylic acids is 1. The molecule has 1 heterocycles. The molecule has 5 nitrogen and oxygen atoms in total. The number of hydrogen-bond donors (Lipinski definition) is 2. The molecule has 1 aliphatic heterocycles. The molecule has 1 atom stereocenters. The monoisotopic (exact) mass is 325 g/mol. The molecule has 0 saturated heterocycles. The molecule has 0 aromatic heterocycles. The van der Waals surface area contributed by atoms with E-state index in [2.05, 4.69) is 11.4 Å². The Balaban J connectivity index is 1.42. The third kappa shape index (κ3) is 2.83. The Hall–Kier alpha value is -2.53. The first kappa shape index (κ1) is 15.0. The van der Waals surface area contributed by atoms with Gasteiger partial charge in [-0.15, -0.1) is 0 Å². The molecule has 1 aliphatic carbocycles. The summed E-state index contributed by atoms with van der Waals surface area (Å²) in [5.74, 6) is 1.00. The minimum absolute atomic E-state index is 0.180. The third-order valence-corrected chi connectivity index (χ3v) is 4.71. The maximum absolute atomic E-state index is 12.4. The number of hydrogen-bond acceptors (Lipinski definition) is 4. The first-order valence-corrected chi connectivity index (χ1v) is 8.10. The summed E-state index contributed by atoms with van der Waals surface area (Å²) in [6.07, 6.45) is 2.03. The van der Waals surface area contributed by atoms with Gasteiger partial charge in [-0.25, -0.2) is 0 Å². The van der Waals surface area contributed by atoms with E-state index in [0.29, 0.717) is 29.9 Å². The lowest BCUT2D eigenvalue weighted by Crippen LogP contribution is -2.46. The summed E-state index contributed by atoms with van der Waals surface area (Å²) < 4.78 is 10.5. The van der Waals surface area contributed by atoms with Crippen molar-refractivity contribution in [1.29, 1.82) is 0 Å². The molecule has 4 rings (SSSR count). The predicted octanol–water partition coefficient (Wildman–Crippen LogP) is 2.07. The van der Waals surface area contributed by atoms with E-state index in [1.807, 2.05) is 18.2 Å². The van der Waals surface area contributed by atoms with E-state index in [-0.39, 0.29) is 19.2 Å². The van der Waals surface area contributed by atoms with Crippen LogP contribution < -0.4 is 14.8 Å². The standard InChI is InChI=1S/C19H19NO4/c21-18(14-5-6-16-17(9-14)24-12-23-16)20-11-19(22)8-7-13-3-1-2-4-15(13)10-19/h1-6,9,22H,7-8,10-12H2,(H,20,21). The number of benzene rings is 2. The second-order valence-corrected chi connectivity index (χ2v) is 6.42. The number of ether oxygens (including phenoxy) is 2. The van der Waals surface area contributed by atoms with Crippen LogP contribution in [0.4, 0.5) is 0 Å². The summed E-state index contributed by atoms with van der Waals surface area (Å²) >= 11 is 0. The van der Waals surface area contributed by atoms with Crippen molar-refractivity contribution >= 4 is 5.91 Å². The quantitative estimate of drug-likeness (QED) is 0.906. The topological polar surface area (TPSA) is 67.8 Å². The van der Waals surface area contributed by atoms with Gasteiger partial charge in [-0.2, -0.15) is 0 Å². The van der Waals surface area contributed by atoms with Gasteiger partial charge in [0, 0.05) is 18.5 Å². The molecule has 2 N–H and O–H groups in total. The zero-order chi connectivity index (χ0) is 16.6. The Kier molecular flexibility index (Phi) is 3.65. The lowest BCUT2D eigenvalue weighted by Gasteiger charge is -2.33. The largest absolute Gasteiger partial charge is 0.454 e. The van der Waals surface area contributed by atoms with E-state index in [9.17, 15) is 9.90 Å². The first-order chi connectivity index (χ1) is 11.6. The van der Waals surface area contributed by atoms with Crippen LogP contribution in [0.25, 0.3) is 0 Å². The van der Waals surface area contributed by atoms with Gasteiger partial charge in [-0.1, -0.05) is 24.3 Å². The molecule has 5 heteroatoms. The van der Waals surface area contributed by atoms with E-state index in [0.717, 1.165) is 12.0 Å². The van der Waals surface area contributed by atoms with Gasteiger partial charge in [-0.05, 0) is 42.2 Å². The minimum atomic E-state index is -0.902. The van der Waals surface area contributed by atoms with Crippen LogP contribution in [0.15, 0.2) is 42.5 Å². The summed E-state index contributed by atoms with van der Waals surface area (Å²) in [6.45, 7) is 0.411. The second-order valence-electron chi connectivity index (χ2n) is 6.42. The van der Waals surface area contributed by atoms with E-state index in [1.54, 1.807) is 18.2 Å². The number of carbonyl (C=O) groups is 1. The highest BCUT2D eigenvalue weighted by atomic mass is 16.7.